The summed E-state index contributed by atoms with van der Waals surface area (Å²) in [4.78, 5) is 12.3. The van der Waals surface area contributed by atoms with Crippen LogP contribution in [0.4, 0.5) is 16.2 Å². The van der Waals surface area contributed by atoms with Gasteiger partial charge in [-0.15, -0.1) is 0 Å². The van der Waals surface area contributed by atoms with E-state index in [0.29, 0.717) is 0 Å². The number of anilines is 2. The van der Waals surface area contributed by atoms with Gasteiger partial charge in [0.2, 0.25) is 0 Å². The van der Waals surface area contributed by atoms with Gasteiger partial charge in [-0.3, -0.25) is 0 Å². The molecule has 4 rings (SSSR count). The average Bonchev–Trinajstić information content (AvgIpc) is 2.63. The maximum atomic E-state index is 12.3. The van der Waals surface area contributed by atoms with Crippen molar-refractivity contribution in [1.82, 2.24) is 0 Å². The zero-order valence-corrected chi connectivity index (χ0v) is 13.0. The van der Waals surface area contributed by atoms with Crippen LogP contribution < -0.4 is 10.6 Å². The molecule has 4 aromatic carbocycles. The van der Waals surface area contributed by atoms with Crippen LogP contribution in [-0.4, -0.2) is 6.03 Å². The molecule has 0 spiro atoms. The Morgan fingerprint density at radius 1 is 0.625 bits per heavy atom. The first-order chi connectivity index (χ1) is 11.8. The molecule has 3 heteroatoms. The molecule has 0 aromatic heterocycles. The molecule has 0 fully saturated rings. The highest BCUT2D eigenvalue weighted by molar-refractivity contribution is 6.16. The van der Waals surface area contributed by atoms with E-state index in [1.165, 1.54) is 5.39 Å². The predicted molar refractivity (Wildman–Crippen MR) is 101 cm³/mol. The van der Waals surface area contributed by atoms with Gasteiger partial charge in [0.1, 0.15) is 0 Å². The second-order valence-electron chi connectivity index (χ2n) is 5.64. The van der Waals surface area contributed by atoms with Gasteiger partial charge in [-0.05, 0) is 34.4 Å². The Hall–Kier alpha value is -3.33. The van der Waals surface area contributed by atoms with Crippen molar-refractivity contribution in [3.05, 3.63) is 84.9 Å². The van der Waals surface area contributed by atoms with Crippen LogP contribution in [0.1, 0.15) is 0 Å². The van der Waals surface area contributed by atoms with Gasteiger partial charge in [-0.2, -0.15) is 0 Å². The Morgan fingerprint density at radius 3 is 2.04 bits per heavy atom. The lowest BCUT2D eigenvalue weighted by Gasteiger charge is -2.12. The molecule has 0 heterocycles. The molecular formula is C21H16N2O. The summed E-state index contributed by atoms with van der Waals surface area (Å²) in [6.45, 7) is 0. The second-order valence-corrected chi connectivity index (χ2v) is 5.64. The first kappa shape index (κ1) is 14.3. The van der Waals surface area contributed by atoms with Gasteiger partial charge in [-0.1, -0.05) is 66.7 Å². The van der Waals surface area contributed by atoms with Gasteiger partial charge < -0.3 is 10.6 Å². The van der Waals surface area contributed by atoms with Crippen molar-refractivity contribution in [3.8, 4) is 0 Å². The van der Waals surface area contributed by atoms with E-state index < -0.39 is 0 Å². The number of carbonyl (C=O) groups excluding carboxylic acids is 1. The Morgan fingerprint density at radius 2 is 1.25 bits per heavy atom. The van der Waals surface area contributed by atoms with Gasteiger partial charge in [0.05, 0.1) is 5.69 Å². The van der Waals surface area contributed by atoms with Crippen LogP contribution in [0, 0.1) is 0 Å². The summed E-state index contributed by atoms with van der Waals surface area (Å²) in [6.07, 6.45) is 0. The van der Waals surface area contributed by atoms with Gasteiger partial charge in [0.25, 0.3) is 0 Å². The number of urea groups is 1. The van der Waals surface area contributed by atoms with Crippen LogP contribution in [0.25, 0.3) is 21.5 Å². The van der Waals surface area contributed by atoms with E-state index in [2.05, 4.69) is 28.8 Å². The average molecular weight is 312 g/mol. The lowest BCUT2D eigenvalue weighted by molar-refractivity contribution is 0.262. The number of carbonyl (C=O) groups is 1. The highest BCUT2D eigenvalue weighted by Gasteiger charge is 2.09. The molecule has 24 heavy (non-hydrogen) atoms. The van der Waals surface area contributed by atoms with E-state index >= 15 is 0 Å². The number of hydrogen-bond acceptors (Lipinski definition) is 1. The van der Waals surface area contributed by atoms with Crippen molar-refractivity contribution < 1.29 is 4.79 Å². The molecule has 0 saturated heterocycles. The van der Waals surface area contributed by atoms with E-state index in [-0.39, 0.29) is 6.03 Å². The van der Waals surface area contributed by atoms with E-state index in [1.807, 2.05) is 66.7 Å². The summed E-state index contributed by atoms with van der Waals surface area (Å²) in [5.74, 6) is 0. The minimum atomic E-state index is -0.248. The van der Waals surface area contributed by atoms with Crippen LogP contribution in [0.15, 0.2) is 84.9 Å². The summed E-state index contributed by atoms with van der Waals surface area (Å²) in [7, 11) is 0. The van der Waals surface area contributed by atoms with E-state index in [1.54, 1.807) is 0 Å². The van der Waals surface area contributed by atoms with Crippen molar-refractivity contribution >= 4 is 39.0 Å². The number of rotatable bonds is 2. The van der Waals surface area contributed by atoms with Crippen LogP contribution in [-0.2, 0) is 0 Å². The van der Waals surface area contributed by atoms with E-state index in [4.69, 9.17) is 0 Å². The van der Waals surface area contributed by atoms with E-state index in [9.17, 15) is 4.79 Å². The number of amides is 2. The zero-order valence-electron chi connectivity index (χ0n) is 13.0. The fourth-order valence-electron chi connectivity index (χ4n) is 2.96. The highest BCUT2D eigenvalue weighted by Crippen LogP contribution is 2.31. The van der Waals surface area contributed by atoms with Crippen molar-refractivity contribution in [1.29, 1.82) is 0 Å². The Balaban J connectivity index is 1.74. The molecule has 4 aromatic rings. The largest absolute Gasteiger partial charge is 0.323 e. The molecule has 0 bridgehead atoms. The summed E-state index contributed by atoms with van der Waals surface area (Å²) in [6, 6.07) is 27.5. The molecule has 3 nitrogen and oxygen atoms in total. The minimum absolute atomic E-state index is 0.248. The fraction of sp³-hybridized carbons (Fsp3) is 0. The lowest BCUT2D eigenvalue weighted by Crippen LogP contribution is -2.19. The molecule has 0 unspecified atom stereocenters. The predicted octanol–water partition coefficient (Wildman–Crippen LogP) is 5.64. The maximum Gasteiger partial charge on any atom is 0.323 e. The van der Waals surface area contributed by atoms with Crippen LogP contribution in [0.5, 0.6) is 0 Å². The summed E-state index contributed by atoms with van der Waals surface area (Å²) in [5, 5.41) is 10.3. The fourth-order valence-corrected chi connectivity index (χ4v) is 2.96. The molecular weight excluding hydrogens is 296 g/mol. The monoisotopic (exact) mass is 312 g/mol. The summed E-state index contributed by atoms with van der Waals surface area (Å²) < 4.78 is 0. The van der Waals surface area contributed by atoms with Crippen LogP contribution >= 0.6 is 0 Å². The molecule has 0 radical (unpaired) electrons. The lowest BCUT2D eigenvalue weighted by atomic mass is 10.0. The van der Waals surface area contributed by atoms with Gasteiger partial charge >= 0.3 is 6.03 Å². The molecule has 0 aliphatic carbocycles. The minimum Gasteiger partial charge on any atom is -0.308 e. The Labute approximate surface area is 139 Å². The van der Waals surface area contributed by atoms with Gasteiger partial charge in [-0.25, -0.2) is 4.79 Å². The molecule has 2 amide bonds. The number of nitrogens with one attached hydrogen (secondary N) is 2. The van der Waals surface area contributed by atoms with Crippen LogP contribution in [0.3, 0.4) is 0 Å². The smallest absolute Gasteiger partial charge is 0.308 e. The van der Waals surface area contributed by atoms with Gasteiger partial charge in [0, 0.05) is 11.1 Å². The zero-order chi connectivity index (χ0) is 16.4. The first-order valence-electron chi connectivity index (χ1n) is 7.85. The highest BCUT2D eigenvalue weighted by atomic mass is 16.2. The second kappa shape index (κ2) is 6.05. The number of para-hydroxylation sites is 1. The number of benzene rings is 4. The Bertz CT molecular complexity index is 1030. The van der Waals surface area contributed by atoms with Crippen molar-refractivity contribution in [3.63, 3.8) is 0 Å². The third-order valence-electron chi connectivity index (χ3n) is 4.05. The van der Waals surface area contributed by atoms with E-state index in [0.717, 1.165) is 27.5 Å². The number of fused-ring (bicyclic) bond motifs is 3. The summed E-state index contributed by atoms with van der Waals surface area (Å²) >= 11 is 0. The molecule has 0 saturated carbocycles. The Kier molecular flexibility index (Phi) is 3.60. The van der Waals surface area contributed by atoms with Crippen molar-refractivity contribution in [2.75, 3.05) is 10.6 Å². The normalized spacial score (nSPS) is 10.7. The third kappa shape index (κ3) is 2.68. The molecule has 116 valence electrons. The summed E-state index contributed by atoms with van der Waals surface area (Å²) in [5.41, 5.74) is 1.57. The standard InChI is InChI=1S/C21H16N2O/c24-21(22-16-9-2-1-3-10-16)23-20-14-15-8-4-5-11-17(15)18-12-6-7-13-19(18)20/h1-14H,(H2,22,23,24). The molecule has 2 N–H and O–H groups in total. The number of hydrogen-bond donors (Lipinski definition) is 2. The first-order valence-corrected chi connectivity index (χ1v) is 7.85. The molecule has 0 aliphatic heterocycles. The van der Waals surface area contributed by atoms with Gasteiger partial charge in [0.15, 0.2) is 0 Å². The molecule has 0 aliphatic rings. The molecule has 0 atom stereocenters. The van der Waals surface area contributed by atoms with Crippen LogP contribution in [0.2, 0.25) is 0 Å². The maximum absolute atomic E-state index is 12.3. The quantitative estimate of drug-likeness (QED) is 0.462. The SMILES string of the molecule is O=C(Nc1ccccc1)Nc1cc2ccccc2c2ccccc12. The third-order valence-corrected chi connectivity index (χ3v) is 4.05. The topological polar surface area (TPSA) is 41.1 Å². The van der Waals surface area contributed by atoms with Crippen molar-refractivity contribution in [2.24, 2.45) is 0 Å². The van der Waals surface area contributed by atoms with Crippen molar-refractivity contribution in [2.45, 2.75) is 0 Å².